The summed E-state index contributed by atoms with van der Waals surface area (Å²) in [6, 6.07) is 5.47. The molecule has 2 unspecified atom stereocenters. The van der Waals surface area contributed by atoms with Gasteiger partial charge in [0.15, 0.2) is 11.7 Å². The van der Waals surface area contributed by atoms with Crippen LogP contribution in [0, 0.1) is 6.92 Å². The Balaban J connectivity index is 1.88. The lowest BCUT2D eigenvalue weighted by Gasteiger charge is -2.18. The van der Waals surface area contributed by atoms with Crippen molar-refractivity contribution in [2.45, 2.75) is 18.6 Å². The van der Waals surface area contributed by atoms with Crippen LogP contribution >= 0.6 is 30.6 Å². The molecular weight excluding hydrogens is 322 g/mol. The number of halogens is 2. The van der Waals surface area contributed by atoms with Crippen LogP contribution in [0.1, 0.15) is 11.1 Å². The van der Waals surface area contributed by atoms with E-state index in [4.69, 9.17) is 37.2 Å². The molecule has 2 aliphatic heterocycles. The zero-order chi connectivity index (χ0) is 14.3. The summed E-state index contributed by atoms with van der Waals surface area (Å²) < 4.78 is 28.8. The summed E-state index contributed by atoms with van der Waals surface area (Å²) in [7, 11) is -3.07. The van der Waals surface area contributed by atoms with E-state index in [9.17, 15) is 4.57 Å². The largest absolute Gasteiger partial charge is 0.438 e. The van der Waals surface area contributed by atoms with E-state index in [1.807, 2.05) is 13.0 Å². The van der Waals surface area contributed by atoms with Gasteiger partial charge in [-0.15, -0.1) is 0 Å². The molecule has 0 saturated carbocycles. The van der Waals surface area contributed by atoms with Gasteiger partial charge in [-0.05, 0) is 24.6 Å². The molecule has 2 saturated heterocycles. The quantitative estimate of drug-likeness (QED) is 0.460. The van der Waals surface area contributed by atoms with Gasteiger partial charge in [0.1, 0.15) is 5.76 Å². The average molecular weight is 335 g/mol. The first-order valence-electron chi connectivity index (χ1n) is 6.13. The van der Waals surface area contributed by atoms with Crippen molar-refractivity contribution < 1.29 is 18.6 Å². The summed E-state index contributed by atoms with van der Waals surface area (Å²) >= 11 is 12.0. The van der Waals surface area contributed by atoms with Crippen molar-refractivity contribution in [1.29, 1.82) is 0 Å². The SMILES string of the molecule is Cc1ccc(/C(=C/Cl)OP(=O)(C2CO2)C2CO2)c(Cl)c1. The molecule has 1 aromatic carbocycles. The maximum Gasteiger partial charge on any atom is 0.308 e. The minimum Gasteiger partial charge on any atom is -0.438 e. The molecule has 2 aliphatic rings. The Morgan fingerprint density at radius 2 is 2.00 bits per heavy atom. The lowest BCUT2D eigenvalue weighted by atomic mass is 10.1. The van der Waals surface area contributed by atoms with Gasteiger partial charge >= 0.3 is 7.37 Å². The summed E-state index contributed by atoms with van der Waals surface area (Å²) in [6.45, 7) is 2.78. The van der Waals surface area contributed by atoms with Crippen LogP contribution in [0.15, 0.2) is 23.7 Å². The highest BCUT2D eigenvalue weighted by Crippen LogP contribution is 2.67. The zero-order valence-electron chi connectivity index (χ0n) is 10.7. The second-order valence-corrected chi connectivity index (χ2v) is 8.02. The molecule has 7 heteroatoms. The molecule has 0 amide bonds. The fourth-order valence-electron chi connectivity index (χ4n) is 1.91. The van der Waals surface area contributed by atoms with Crippen molar-refractivity contribution >= 4 is 36.3 Å². The number of hydrogen-bond donors (Lipinski definition) is 0. The Hall–Kier alpha value is -0.510. The summed E-state index contributed by atoms with van der Waals surface area (Å²) in [5, 5.41) is 0.497. The van der Waals surface area contributed by atoms with Crippen molar-refractivity contribution in [2.75, 3.05) is 13.2 Å². The smallest absolute Gasteiger partial charge is 0.308 e. The molecule has 0 aromatic heterocycles. The van der Waals surface area contributed by atoms with E-state index in [1.165, 1.54) is 5.54 Å². The fraction of sp³-hybridized carbons (Fsp3) is 0.385. The molecule has 4 nitrogen and oxygen atoms in total. The van der Waals surface area contributed by atoms with Crippen LogP contribution in [0.25, 0.3) is 5.76 Å². The van der Waals surface area contributed by atoms with Gasteiger partial charge in [-0.25, -0.2) is 0 Å². The van der Waals surface area contributed by atoms with Crippen molar-refractivity contribution in [3.8, 4) is 0 Å². The normalized spacial score (nSPS) is 27.9. The standard InChI is InChI=1S/C13H13Cl2O4P/c1-8-2-3-9(10(15)4-8)11(5-14)19-20(16,12-6-17-12)13-7-18-13/h2-5,12-13H,6-7H2,1H3/b11-5-. The molecule has 0 bridgehead atoms. The third-order valence-electron chi connectivity index (χ3n) is 3.16. The number of aryl methyl sites for hydroxylation is 1. The van der Waals surface area contributed by atoms with Crippen LogP contribution in [-0.2, 0) is 18.6 Å². The van der Waals surface area contributed by atoms with Gasteiger partial charge in [-0.3, -0.25) is 4.57 Å². The van der Waals surface area contributed by atoms with Gasteiger partial charge in [0, 0.05) is 11.1 Å². The van der Waals surface area contributed by atoms with E-state index in [0.29, 0.717) is 23.8 Å². The molecule has 2 heterocycles. The van der Waals surface area contributed by atoms with E-state index in [0.717, 1.165) is 5.56 Å². The molecule has 0 radical (unpaired) electrons. The lowest BCUT2D eigenvalue weighted by molar-refractivity contribution is 0.373. The maximum absolute atomic E-state index is 12.8. The van der Waals surface area contributed by atoms with E-state index in [-0.39, 0.29) is 5.76 Å². The molecule has 108 valence electrons. The van der Waals surface area contributed by atoms with Gasteiger partial charge in [-0.2, -0.15) is 0 Å². The van der Waals surface area contributed by atoms with Crippen molar-refractivity contribution in [1.82, 2.24) is 0 Å². The molecule has 2 fully saturated rings. The highest BCUT2D eigenvalue weighted by Gasteiger charge is 2.57. The van der Waals surface area contributed by atoms with E-state index >= 15 is 0 Å². The van der Waals surface area contributed by atoms with E-state index in [2.05, 4.69) is 0 Å². The molecular formula is C13H13Cl2O4P. The molecule has 0 spiro atoms. The number of ether oxygens (including phenoxy) is 2. The van der Waals surface area contributed by atoms with Gasteiger partial charge < -0.3 is 14.0 Å². The summed E-state index contributed by atoms with van der Waals surface area (Å²) in [4.78, 5) is 0. The van der Waals surface area contributed by atoms with Crippen LogP contribution in [0.4, 0.5) is 0 Å². The summed E-state index contributed by atoms with van der Waals surface area (Å²) in [5.41, 5.74) is 2.87. The Morgan fingerprint density at radius 3 is 2.45 bits per heavy atom. The number of benzene rings is 1. The van der Waals surface area contributed by atoms with Crippen molar-refractivity contribution in [3.63, 3.8) is 0 Å². The number of rotatable bonds is 5. The minimum atomic E-state index is -3.07. The summed E-state index contributed by atoms with van der Waals surface area (Å²) in [6.07, 6.45) is 0. The maximum atomic E-state index is 12.8. The zero-order valence-corrected chi connectivity index (χ0v) is 13.1. The van der Waals surface area contributed by atoms with Crippen LogP contribution in [0.2, 0.25) is 5.02 Å². The Labute approximate surface area is 127 Å². The van der Waals surface area contributed by atoms with Gasteiger partial charge in [-0.1, -0.05) is 29.3 Å². The Morgan fingerprint density at radius 1 is 1.40 bits per heavy atom. The van der Waals surface area contributed by atoms with Gasteiger partial charge in [0.05, 0.1) is 18.2 Å². The molecule has 1 aromatic rings. The van der Waals surface area contributed by atoms with Gasteiger partial charge in [0.2, 0.25) is 0 Å². The topological polar surface area (TPSA) is 51.4 Å². The first kappa shape index (κ1) is 14.4. The average Bonchev–Trinajstić information content (AvgIpc) is 3.29. The highest BCUT2D eigenvalue weighted by molar-refractivity contribution is 7.61. The predicted octanol–water partition coefficient (Wildman–Crippen LogP) is 4.19. The lowest BCUT2D eigenvalue weighted by Crippen LogP contribution is -2.03. The number of hydrogen-bond acceptors (Lipinski definition) is 4. The van der Waals surface area contributed by atoms with Crippen LogP contribution in [-0.4, -0.2) is 24.9 Å². The fourth-order valence-corrected chi connectivity index (χ4v) is 4.53. The third kappa shape index (κ3) is 2.76. The first-order valence-corrected chi connectivity index (χ1v) is 8.71. The van der Waals surface area contributed by atoms with Crippen LogP contribution < -0.4 is 0 Å². The minimum absolute atomic E-state index is 0.283. The van der Waals surface area contributed by atoms with Crippen molar-refractivity contribution in [3.05, 3.63) is 39.9 Å². The molecule has 2 atom stereocenters. The third-order valence-corrected chi connectivity index (χ3v) is 6.36. The van der Waals surface area contributed by atoms with E-state index in [1.54, 1.807) is 12.1 Å². The molecule has 0 aliphatic carbocycles. The monoisotopic (exact) mass is 334 g/mol. The van der Waals surface area contributed by atoms with E-state index < -0.39 is 19.1 Å². The van der Waals surface area contributed by atoms with Crippen LogP contribution in [0.3, 0.4) is 0 Å². The first-order chi connectivity index (χ1) is 9.54. The Kier molecular flexibility index (Phi) is 3.87. The second kappa shape index (κ2) is 5.36. The van der Waals surface area contributed by atoms with Gasteiger partial charge in [0.25, 0.3) is 0 Å². The number of epoxide rings is 2. The molecule has 3 rings (SSSR count). The summed E-state index contributed by atoms with van der Waals surface area (Å²) in [5.74, 6) is -0.511. The molecule has 0 N–H and O–H groups in total. The van der Waals surface area contributed by atoms with Crippen LogP contribution in [0.5, 0.6) is 0 Å². The second-order valence-electron chi connectivity index (χ2n) is 4.77. The molecule has 20 heavy (non-hydrogen) atoms. The Bertz CT molecular complexity index is 592. The predicted molar refractivity (Wildman–Crippen MR) is 78.2 cm³/mol. The highest BCUT2D eigenvalue weighted by atomic mass is 35.5. The van der Waals surface area contributed by atoms with Crippen molar-refractivity contribution in [2.24, 2.45) is 0 Å².